The summed E-state index contributed by atoms with van der Waals surface area (Å²) in [4.78, 5) is 35.5. The first-order valence-corrected chi connectivity index (χ1v) is 42.2. The van der Waals surface area contributed by atoms with Gasteiger partial charge in [-0.25, -0.2) is 4.57 Å². The van der Waals surface area contributed by atoms with E-state index < -0.39 is 26.5 Å². The summed E-state index contributed by atoms with van der Waals surface area (Å²) in [6.45, 7) is 3.68. The average Bonchev–Trinajstić information content (AvgIpc) is 3.32. The Kier molecular flexibility index (Phi) is 77.3. The number of ether oxygens (including phenoxy) is 2. The standard InChI is InChI=1S/C85H154NO8P/c1-3-5-7-9-11-13-15-17-19-21-23-25-27-29-31-33-35-37-39-40-41-42-44-45-47-49-51-53-55-57-59-61-63-65-67-69-71-73-75-77-84(87)91-81-83(82-93-95(89,90)92-80-79-86)94-85(88)78-76-74-72-70-68-66-64-62-60-58-56-54-52-50-48-46-43-38-36-34-32-30-28-26-24-22-20-18-16-14-12-10-8-6-4-2/h6,8,12,14,18,20,24,26,30,32,36,38,46,48,52,54,83H,3-5,7,9-11,13,15-17,19,21-23,25,27-29,31,33-35,37,39-45,47,49-51,53,55-82,86H2,1-2H3,(H,89,90)/b8-6-,14-12-,20-18-,26-24-,32-30-,38-36-,48-46-,54-52-. The number of rotatable bonds is 77. The van der Waals surface area contributed by atoms with Gasteiger partial charge in [-0.15, -0.1) is 0 Å². The molecule has 9 nitrogen and oxygen atoms in total. The largest absolute Gasteiger partial charge is 0.472 e. The van der Waals surface area contributed by atoms with E-state index in [-0.39, 0.29) is 38.6 Å². The van der Waals surface area contributed by atoms with Crippen molar-refractivity contribution in [2.45, 2.75) is 405 Å². The lowest BCUT2D eigenvalue weighted by Gasteiger charge is -2.19. The van der Waals surface area contributed by atoms with E-state index in [9.17, 15) is 19.0 Å². The Morgan fingerprint density at radius 3 is 0.863 bits per heavy atom. The van der Waals surface area contributed by atoms with Crippen LogP contribution in [-0.2, 0) is 32.7 Å². The van der Waals surface area contributed by atoms with Gasteiger partial charge in [-0.1, -0.05) is 406 Å². The van der Waals surface area contributed by atoms with E-state index in [1.54, 1.807) is 0 Å². The van der Waals surface area contributed by atoms with E-state index in [1.165, 1.54) is 270 Å². The fourth-order valence-electron chi connectivity index (χ4n) is 12.0. The Labute approximate surface area is 588 Å². The number of phosphoric ester groups is 1. The van der Waals surface area contributed by atoms with Gasteiger partial charge < -0.3 is 20.1 Å². The lowest BCUT2D eigenvalue weighted by atomic mass is 10.0. The summed E-state index contributed by atoms with van der Waals surface area (Å²) in [5.74, 6) is -0.820. The van der Waals surface area contributed by atoms with Gasteiger partial charge in [0.15, 0.2) is 6.10 Å². The highest BCUT2D eigenvalue weighted by atomic mass is 31.2. The summed E-state index contributed by atoms with van der Waals surface area (Å²) >= 11 is 0. The molecule has 0 radical (unpaired) electrons. The van der Waals surface area contributed by atoms with Crippen LogP contribution in [0.3, 0.4) is 0 Å². The van der Waals surface area contributed by atoms with Crippen LogP contribution in [0.25, 0.3) is 0 Å². The van der Waals surface area contributed by atoms with E-state index in [0.717, 1.165) is 96.3 Å². The van der Waals surface area contributed by atoms with Gasteiger partial charge in [0.05, 0.1) is 13.2 Å². The average molecular weight is 1350 g/mol. The highest BCUT2D eigenvalue weighted by Crippen LogP contribution is 2.43. The van der Waals surface area contributed by atoms with Crippen LogP contribution in [0, 0.1) is 0 Å². The Balaban J connectivity index is 3.80. The molecule has 0 aromatic heterocycles. The molecule has 10 heteroatoms. The number of esters is 2. The molecule has 0 aliphatic carbocycles. The highest BCUT2D eigenvalue weighted by molar-refractivity contribution is 7.47. The number of carbonyl (C=O) groups is 2. The van der Waals surface area contributed by atoms with E-state index in [4.69, 9.17) is 24.3 Å². The Bertz CT molecular complexity index is 1890. The molecule has 2 atom stereocenters. The predicted molar refractivity (Wildman–Crippen MR) is 413 cm³/mol. The summed E-state index contributed by atoms with van der Waals surface area (Å²) in [5, 5.41) is 0. The van der Waals surface area contributed by atoms with Crippen LogP contribution in [0.4, 0.5) is 0 Å². The molecule has 0 aromatic rings. The number of nitrogens with two attached hydrogens (primary N) is 1. The molecule has 95 heavy (non-hydrogen) atoms. The van der Waals surface area contributed by atoms with Crippen molar-refractivity contribution < 1.29 is 37.6 Å². The molecular weight excluding hydrogens is 1190 g/mol. The summed E-state index contributed by atoms with van der Waals surface area (Å²) in [6, 6.07) is 0. The Morgan fingerprint density at radius 2 is 0.579 bits per heavy atom. The van der Waals surface area contributed by atoms with Gasteiger partial charge in [0, 0.05) is 19.4 Å². The van der Waals surface area contributed by atoms with Gasteiger partial charge in [0.2, 0.25) is 0 Å². The molecule has 3 N–H and O–H groups in total. The first-order chi connectivity index (χ1) is 46.8. The van der Waals surface area contributed by atoms with Gasteiger partial charge in [0.25, 0.3) is 0 Å². The quantitative estimate of drug-likeness (QED) is 0.0264. The molecule has 2 unspecified atom stereocenters. The minimum Gasteiger partial charge on any atom is -0.462 e. The second-order valence-electron chi connectivity index (χ2n) is 27.3. The number of hydrogen-bond donors (Lipinski definition) is 2. The summed E-state index contributed by atoms with van der Waals surface area (Å²) in [7, 11) is -4.40. The topological polar surface area (TPSA) is 134 Å². The van der Waals surface area contributed by atoms with Crippen molar-refractivity contribution in [3.05, 3.63) is 97.2 Å². The van der Waals surface area contributed by atoms with Crippen molar-refractivity contribution in [1.29, 1.82) is 0 Å². The van der Waals surface area contributed by atoms with Crippen LogP contribution in [-0.4, -0.2) is 49.3 Å². The molecule has 0 aromatic carbocycles. The van der Waals surface area contributed by atoms with Crippen LogP contribution in [0.5, 0.6) is 0 Å². The third-order valence-electron chi connectivity index (χ3n) is 18.0. The Hall–Kier alpha value is -3.07. The number of unbranched alkanes of at least 4 members (excludes halogenated alkanes) is 48. The minimum atomic E-state index is -4.40. The molecule has 0 bridgehead atoms. The van der Waals surface area contributed by atoms with Gasteiger partial charge in [-0.3, -0.25) is 18.6 Å². The highest BCUT2D eigenvalue weighted by Gasteiger charge is 2.26. The number of carbonyl (C=O) groups excluding carboxylic acids is 2. The first kappa shape index (κ1) is 91.9. The molecular formula is C85H154NO8P. The molecule has 0 spiro atoms. The lowest BCUT2D eigenvalue weighted by molar-refractivity contribution is -0.161. The van der Waals surface area contributed by atoms with Crippen LogP contribution >= 0.6 is 7.82 Å². The lowest BCUT2D eigenvalue weighted by Crippen LogP contribution is -2.29. The van der Waals surface area contributed by atoms with Crippen molar-refractivity contribution >= 4 is 19.8 Å². The van der Waals surface area contributed by atoms with Crippen molar-refractivity contribution in [3.8, 4) is 0 Å². The normalized spacial score (nSPS) is 13.3. The van der Waals surface area contributed by atoms with E-state index in [2.05, 4.69) is 111 Å². The zero-order chi connectivity index (χ0) is 68.6. The van der Waals surface area contributed by atoms with Crippen LogP contribution < -0.4 is 5.73 Å². The van der Waals surface area contributed by atoms with Gasteiger partial charge in [-0.2, -0.15) is 0 Å². The van der Waals surface area contributed by atoms with Crippen LogP contribution in [0.1, 0.15) is 399 Å². The summed E-state index contributed by atoms with van der Waals surface area (Å²) < 4.78 is 33.3. The van der Waals surface area contributed by atoms with Crippen molar-refractivity contribution in [3.63, 3.8) is 0 Å². The third-order valence-corrected chi connectivity index (χ3v) is 19.0. The van der Waals surface area contributed by atoms with Crippen molar-refractivity contribution in [2.24, 2.45) is 5.73 Å². The van der Waals surface area contributed by atoms with Gasteiger partial charge in [0.1, 0.15) is 6.61 Å². The molecule has 0 saturated heterocycles. The fourth-order valence-corrected chi connectivity index (χ4v) is 12.8. The van der Waals surface area contributed by atoms with E-state index in [0.29, 0.717) is 6.42 Å². The summed E-state index contributed by atoms with van der Waals surface area (Å²) in [6.07, 6.45) is 110. The maximum absolute atomic E-state index is 12.8. The molecule has 552 valence electrons. The Morgan fingerprint density at radius 1 is 0.326 bits per heavy atom. The molecule has 0 heterocycles. The maximum Gasteiger partial charge on any atom is 0.472 e. The predicted octanol–water partition coefficient (Wildman–Crippen LogP) is 27.4. The number of phosphoric acid groups is 1. The monoisotopic (exact) mass is 1350 g/mol. The smallest absolute Gasteiger partial charge is 0.462 e. The minimum absolute atomic E-state index is 0.0506. The van der Waals surface area contributed by atoms with E-state index >= 15 is 0 Å². The van der Waals surface area contributed by atoms with Gasteiger partial charge in [-0.05, 0) is 77.0 Å². The summed E-state index contributed by atoms with van der Waals surface area (Å²) in [5.41, 5.74) is 5.42. The molecule has 0 aliphatic heterocycles. The van der Waals surface area contributed by atoms with Crippen molar-refractivity contribution in [2.75, 3.05) is 26.4 Å². The molecule has 0 fully saturated rings. The molecule has 0 amide bonds. The van der Waals surface area contributed by atoms with Crippen LogP contribution in [0.15, 0.2) is 97.2 Å². The molecule has 0 aliphatic rings. The maximum atomic E-state index is 12.8. The van der Waals surface area contributed by atoms with Crippen molar-refractivity contribution in [1.82, 2.24) is 0 Å². The van der Waals surface area contributed by atoms with E-state index in [1.807, 2.05) is 0 Å². The molecule has 0 rings (SSSR count). The first-order valence-electron chi connectivity index (χ1n) is 40.7. The fraction of sp³-hybridized carbons (Fsp3) is 0.788. The SMILES string of the molecule is CC/C=C\C/C=C\C/C=C\C/C=C\C/C=C\C/C=C\C/C=C\C/C=C\CCCCCCCCCCCCC(=O)OC(COC(=O)CCCCCCCCCCCCCCCCCCCCCCCCCCCCCCCCCCCCCCCCC)COP(=O)(O)OCCN. The zero-order valence-corrected chi connectivity index (χ0v) is 63.3. The van der Waals surface area contributed by atoms with Gasteiger partial charge >= 0.3 is 19.8 Å². The number of allylic oxidation sites excluding steroid dienone is 16. The third kappa shape index (κ3) is 79.8. The van der Waals surface area contributed by atoms with Crippen LogP contribution in [0.2, 0.25) is 0 Å². The number of hydrogen-bond acceptors (Lipinski definition) is 8. The second kappa shape index (κ2) is 79.9. The molecule has 0 saturated carbocycles. The second-order valence-corrected chi connectivity index (χ2v) is 28.7. The zero-order valence-electron chi connectivity index (χ0n) is 62.4.